The second-order valence-electron chi connectivity index (χ2n) is 2.78. The summed E-state index contributed by atoms with van der Waals surface area (Å²) in [5.74, 6) is -1.29. The Bertz CT molecular complexity index is 543. The van der Waals surface area contributed by atoms with Crippen molar-refractivity contribution in [2.75, 3.05) is 7.05 Å². The Labute approximate surface area is 106 Å². The van der Waals surface area contributed by atoms with Gasteiger partial charge in [-0.15, -0.1) is 0 Å². The van der Waals surface area contributed by atoms with Crippen molar-refractivity contribution < 1.29 is 18.3 Å². The lowest BCUT2D eigenvalue weighted by molar-refractivity contribution is 0.0696. The highest BCUT2D eigenvalue weighted by atomic mass is 79.9. The van der Waals surface area contributed by atoms with Crippen molar-refractivity contribution in [2.24, 2.45) is 0 Å². The molecule has 0 fully saturated rings. The normalized spacial score (nSPS) is 11.4. The molecule has 0 spiro atoms. The summed E-state index contributed by atoms with van der Waals surface area (Å²) in [5.41, 5.74) is -0.273. The van der Waals surface area contributed by atoms with Gasteiger partial charge in [-0.1, -0.05) is 11.6 Å². The van der Waals surface area contributed by atoms with E-state index in [1.165, 1.54) is 13.1 Å². The van der Waals surface area contributed by atoms with Crippen LogP contribution in [-0.4, -0.2) is 26.5 Å². The summed E-state index contributed by atoms with van der Waals surface area (Å²) in [6.07, 6.45) is 0. The van der Waals surface area contributed by atoms with Crippen molar-refractivity contribution in [1.29, 1.82) is 0 Å². The summed E-state index contributed by atoms with van der Waals surface area (Å²) in [5, 5.41) is 8.79. The molecule has 1 aromatic carbocycles. The predicted octanol–water partition coefficient (Wildman–Crippen LogP) is 1.71. The largest absolute Gasteiger partial charge is 0.478 e. The Morgan fingerprint density at radius 2 is 2.06 bits per heavy atom. The van der Waals surface area contributed by atoms with Crippen LogP contribution in [0.25, 0.3) is 0 Å². The van der Waals surface area contributed by atoms with Crippen LogP contribution in [0.2, 0.25) is 5.02 Å². The van der Waals surface area contributed by atoms with E-state index < -0.39 is 16.0 Å². The minimum Gasteiger partial charge on any atom is -0.478 e. The van der Waals surface area contributed by atoms with E-state index in [2.05, 4.69) is 20.7 Å². The van der Waals surface area contributed by atoms with Crippen molar-refractivity contribution in [3.05, 3.63) is 27.2 Å². The molecule has 0 amide bonds. The number of carbonyl (C=O) groups is 1. The van der Waals surface area contributed by atoms with Gasteiger partial charge in [0.05, 0.1) is 15.5 Å². The zero-order chi connectivity index (χ0) is 12.5. The number of nitrogens with one attached hydrogen (secondary N) is 1. The van der Waals surface area contributed by atoms with Gasteiger partial charge in [0.25, 0.3) is 0 Å². The molecule has 0 aromatic heterocycles. The molecule has 88 valence electrons. The molecular weight excluding hydrogens is 322 g/mol. The van der Waals surface area contributed by atoms with E-state index in [9.17, 15) is 13.2 Å². The number of benzene rings is 1. The Morgan fingerprint density at radius 3 is 2.50 bits per heavy atom. The molecule has 0 bridgehead atoms. The minimum atomic E-state index is -3.70. The molecular formula is C8H7BrClNO4S. The first-order valence-corrected chi connectivity index (χ1v) is 6.61. The van der Waals surface area contributed by atoms with Crippen LogP contribution in [0.15, 0.2) is 21.5 Å². The van der Waals surface area contributed by atoms with Crippen molar-refractivity contribution in [1.82, 2.24) is 4.72 Å². The van der Waals surface area contributed by atoms with Gasteiger partial charge in [-0.25, -0.2) is 17.9 Å². The van der Waals surface area contributed by atoms with Crippen molar-refractivity contribution >= 4 is 43.5 Å². The molecule has 0 aliphatic rings. The van der Waals surface area contributed by atoms with Crippen LogP contribution in [0.1, 0.15) is 10.4 Å². The van der Waals surface area contributed by atoms with Gasteiger partial charge < -0.3 is 5.11 Å². The Hall–Kier alpha value is -0.630. The summed E-state index contributed by atoms with van der Waals surface area (Å²) in [4.78, 5) is 10.7. The molecule has 0 aliphatic heterocycles. The fourth-order valence-corrected chi connectivity index (χ4v) is 2.58. The number of carboxylic acids is 1. The van der Waals surface area contributed by atoms with E-state index in [1.807, 2.05) is 0 Å². The first kappa shape index (κ1) is 13.4. The SMILES string of the molecule is CNS(=O)(=O)c1cc(Br)c(Cl)c(C(=O)O)c1. The van der Waals surface area contributed by atoms with Crippen LogP contribution in [0.5, 0.6) is 0 Å². The van der Waals surface area contributed by atoms with Crippen LogP contribution < -0.4 is 4.72 Å². The summed E-state index contributed by atoms with van der Waals surface area (Å²) < 4.78 is 25.2. The molecule has 0 saturated heterocycles. The molecule has 0 saturated carbocycles. The topological polar surface area (TPSA) is 83.5 Å². The average Bonchev–Trinajstić information content (AvgIpc) is 2.21. The number of carboxylic acid groups (broad SMARTS) is 1. The zero-order valence-corrected chi connectivity index (χ0v) is 11.1. The summed E-state index contributed by atoms with van der Waals surface area (Å²) >= 11 is 8.71. The van der Waals surface area contributed by atoms with Gasteiger partial charge in [0.1, 0.15) is 0 Å². The van der Waals surface area contributed by atoms with Crippen LogP contribution in [0.3, 0.4) is 0 Å². The fraction of sp³-hybridized carbons (Fsp3) is 0.125. The van der Waals surface area contributed by atoms with Crippen LogP contribution >= 0.6 is 27.5 Å². The Balaban J connectivity index is 3.53. The van der Waals surface area contributed by atoms with Crippen LogP contribution in [0.4, 0.5) is 0 Å². The van der Waals surface area contributed by atoms with Gasteiger partial charge in [0.2, 0.25) is 10.0 Å². The lowest BCUT2D eigenvalue weighted by atomic mass is 10.2. The van der Waals surface area contributed by atoms with Gasteiger partial charge in [-0.3, -0.25) is 0 Å². The third kappa shape index (κ3) is 2.54. The summed E-state index contributed by atoms with van der Waals surface area (Å²) in [7, 11) is -2.46. The third-order valence-electron chi connectivity index (χ3n) is 1.81. The van der Waals surface area contributed by atoms with E-state index in [-0.39, 0.29) is 20.0 Å². The lowest BCUT2D eigenvalue weighted by Crippen LogP contribution is -2.19. The molecule has 1 aromatic rings. The highest BCUT2D eigenvalue weighted by Gasteiger charge is 2.19. The van der Waals surface area contributed by atoms with E-state index >= 15 is 0 Å². The van der Waals surface area contributed by atoms with Gasteiger partial charge in [-0.05, 0) is 35.1 Å². The number of aromatic carboxylic acids is 1. The number of rotatable bonds is 3. The van der Waals surface area contributed by atoms with Crippen LogP contribution in [-0.2, 0) is 10.0 Å². The molecule has 16 heavy (non-hydrogen) atoms. The van der Waals surface area contributed by atoms with E-state index in [4.69, 9.17) is 16.7 Å². The maximum Gasteiger partial charge on any atom is 0.337 e. The summed E-state index contributed by atoms with van der Waals surface area (Å²) in [6, 6.07) is 2.24. The van der Waals surface area contributed by atoms with Crippen molar-refractivity contribution in [2.45, 2.75) is 4.90 Å². The Morgan fingerprint density at radius 1 is 1.50 bits per heavy atom. The molecule has 0 atom stereocenters. The van der Waals surface area contributed by atoms with Crippen LogP contribution in [0, 0.1) is 0 Å². The van der Waals surface area contributed by atoms with Gasteiger partial charge in [-0.2, -0.15) is 0 Å². The van der Waals surface area contributed by atoms with Crippen molar-refractivity contribution in [3.63, 3.8) is 0 Å². The highest BCUT2D eigenvalue weighted by molar-refractivity contribution is 9.10. The minimum absolute atomic E-state index is 0.0393. The predicted molar refractivity (Wildman–Crippen MR) is 62.4 cm³/mol. The number of hydrogen-bond donors (Lipinski definition) is 2. The maximum atomic E-state index is 11.5. The van der Waals surface area contributed by atoms with Gasteiger partial charge in [0.15, 0.2) is 0 Å². The molecule has 0 unspecified atom stereocenters. The average molecular weight is 329 g/mol. The second kappa shape index (κ2) is 4.70. The maximum absolute atomic E-state index is 11.5. The number of halogens is 2. The van der Waals surface area contributed by atoms with Gasteiger partial charge >= 0.3 is 5.97 Å². The Kier molecular flexibility index (Phi) is 3.95. The summed E-state index contributed by atoms with van der Waals surface area (Å²) in [6.45, 7) is 0. The molecule has 0 heterocycles. The third-order valence-corrected chi connectivity index (χ3v) is 4.47. The van der Waals surface area contributed by atoms with E-state index in [1.54, 1.807) is 0 Å². The molecule has 2 N–H and O–H groups in total. The zero-order valence-electron chi connectivity index (χ0n) is 7.99. The fourth-order valence-electron chi connectivity index (χ4n) is 0.993. The van der Waals surface area contributed by atoms with E-state index in [0.29, 0.717) is 0 Å². The standard InChI is InChI=1S/C8H7BrClNO4S/c1-11-16(14,15)4-2-5(8(12)13)7(10)6(9)3-4/h2-3,11H,1H3,(H,12,13). The smallest absolute Gasteiger partial charge is 0.337 e. The second-order valence-corrected chi connectivity index (χ2v) is 5.90. The highest BCUT2D eigenvalue weighted by Crippen LogP contribution is 2.29. The van der Waals surface area contributed by atoms with Gasteiger partial charge in [0, 0.05) is 4.47 Å². The monoisotopic (exact) mass is 327 g/mol. The molecule has 1 rings (SSSR count). The van der Waals surface area contributed by atoms with E-state index in [0.717, 1.165) is 6.07 Å². The number of sulfonamides is 1. The molecule has 0 aliphatic carbocycles. The number of hydrogen-bond acceptors (Lipinski definition) is 3. The molecule has 0 radical (unpaired) electrons. The molecule has 5 nitrogen and oxygen atoms in total. The van der Waals surface area contributed by atoms with Crippen molar-refractivity contribution in [3.8, 4) is 0 Å². The lowest BCUT2D eigenvalue weighted by Gasteiger charge is -2.07. The first-order chi connectivity index (χ1) is 7.29. The molecule has 8 heteroatoms. The quantitative estimate of drug-likeness (QED) is 0.885. The first-order valence-electron chi connectivity index (χ1n) is 3.95.